The van der Waals surface area contributed by atoms with Gasteiger partial charge in [0, 0.05) is 18.1 Å². The lowest BCUT2D eigenvalue weighted by atomic mass is 10.0. The molecule has 1 aromatic heterocycles. The number of benzene rings is 1. The third-order valence-electron chi connectivity index (χ3n) is 4.18. The first-order chi connectivity index (χ1) is 12.1. The summed E-state index contributed by atoms with van der Waals surface area (Å²) in [7, 11) is 1.48. The zero-order chi connectivity index (χ0) is 17.8. The van der Waals surface area contributed by atoms with Crippen LogP contribution in [0.2, 0.25) is 0 Å². The normalized spacial score (nSPS) is 12.5. The second-order valence-electron chi connectivity index (χ2n) is 5.81. The summed E-state index contributed by atoms with van der Waals surface area (Å²) < 4.78 is 5.18. The van der Waals surface area contributed by atoms with Crippen LogP contribution >= 0.6 is 0 Å². The van der Waals surface area contributed by atoms with Crippen LogP contribution in [0, 0.1) is 0 Å². The first kappa shape index (κ1) is 16.9. The molecule has 0 saturated carbocycles. The number of carbonyl (C=O) groups excluding carboxylic acids is 3. The smallest absolute Gasteiger partial charge is 0.339 e. The number of esters is 1. The number of hydrogen-bond donors (Lipinski definition) is 2. The maximum absolute atomic E-state index is 12.6. The van der Waals surface area contributed by atoms with Gasteiger partial charge in [-0.15, -0.1) is 0 Å². The largest absolute Gasteiger partial charge is 0.452 e. The first-order valence-corrected chi connectivity index (χ1v) is 8.15. The summed E-state index contributed by atoms with van der Waals surface area (Å²) in [6.07, 6.45) is 2.57. The molecule has 1 aliphatic rings. The highest BCUT2D eigenvalue weighted by Crippen LogP contribution is 2.30. The van der Waals surface area contributed by atoms with Gasteiger partial charge in [0.2, 0.25) is 5.91 Å². The van der Waals surface area contributed by atoms with Gasteiger partial charge in [0.05, 0.1) is 17.6 Å². The van der Waals surface area contributed by atoms with Crippen LogP contribution < -0.4 is 10.6 Å². The molecular weight excluding hydrogens is 322 g/mol. The molecule has 130 valence electrons. The molecule has 2 amide bonds. The van der Waals surface area contributed by atoms with Crippen molar-refractivity contribution in [2.45, 2.75) is 19.3 Å². The number of para-hydroxylation sites is 1. The lowest BCUT2D eigenvalue weighted by Crippen LogP contribution is -2.37. The fourth-order valence-electron chi connectivity index (χ4n) is 2.97. The van der Waals surface area contributed by atoms with E-state index in [1.54, 1.807) is 0 Å². The van der Waals surface area contributed by atoms with E-state index in [9.17, 15) is 14.4 Å². The minimum absolute atomic E-state index is 0.152. The van der Waals surface area contributed by atoms with Crippen molar-refractivity contribution in [3.63, 3.8) is 0 Å². The van der Waals surface area contributed by atoms with Crippen molar-refractivity contribution in [3.8, 4) is 0 Å². The molecular formula is C18H19N3O4. The molecule has 0 radical (unpaired) electrons. The van der Waals surface area contributed by atoms with E-state index in [1.807, 2.05) is 24.3 Å². The summed E-state index contributed by atoms with van der Waals surface area (Å²) in [6, 6.07) is 7.42. The fraction of sp³-hybridized carbons (Fsp3) is 0.333. The number of amides is 2. The molecule has 0 fully saturated rings. The van der Waals surface area contributed by atoms with Crippen molar-refractivity contribution < 1.29 is 19.1 Å². The summed E-state index contributed by atoms with van der Waals surface area (Å²) in [5.41, 5.74) is 3.08. The third-order valence-corrected chi connectivity index (χ3v) is 4.18. The highest BCUT2D eigenvalue weighted by Gasteiger charge is 2.25. The van der Waals surface area contributed by atoms with E-state index >= 15 is 0 Å². The number of pyridine rings is 1. The van der Waals surface area contributed by atoms with Crippen molar-refractivity contribution in [2.75, 3.05) is 20.2 Å². The Morgan fingerprint density at radius 2 is 1.96 bits per heavy atom. The van der Waals surface area contributed by atoms with Crippen LogP contribution in [0.1, 0.15) is 28.0 Å². The van der Waals surface area contributed by atoms with Gasteiger partial charge < -0.3 is 15.4 Å². The molecule has 1 aromatic carbocycles. The van der Waals surface area contributed by atoms with Crippen molar-refractivity contribution in [1.29, 1.82) is 0 Å². The molecule has 1 aliphatic carbocycles. The van der Waals surface area contributed by atoms with Gasteiger partial charge in [-0.05, 0) is 30.9 Å². The first-order valence-electron chi connectivity index (χ1n) is 8.15. The van der Waals surface area contributed by atoms with Gasteiger partial charge in [-0.2, -0.15) is 0 Å². The number of fused-ring (bicyclic) bond motifs is 2. The number of ether oxygens (including phenoxy) is 1. The van der Waals surface area contributed by atoms with Crippen LogP contribution in [-0.4, -0.2) is 43.0 Å². The maximum atomic E-state index is 12.6. The molecule has 25 heavy (non-hydrogen) atoms. The number of rotatable bonds is 5. The monoisotopic (exact) mass is 341 g/mol. The average molecular weight is 341 g/mol. The molecule has 0 atom stereocenters. The van der Waals surface area contributed by atoms with Crippen LogP contribution in [0.5, 0.6) is 0 Å². The molecule has 0 saturated heterocycles. The quantitative estimate of drug-likeness (QED) is 0.782. The minimum atomic E-state index is -0.535. The van der Waals surface area contributed by atoms with Crippen molar-refractivity contribution in [1.82, 2.24) is 15.6 Å². The zero-order valence-electron chi connectivity index (χ0n) is 13.9. The van der Waals surface area contributed by atoms with Gasteiger partial charge in [-0.3, -0.25) is 14.6 Å². The lowest BCUT2D eigenvalue weighted by molar-refractivity contribution is -0.127. The molecule has 0 unspecified atom stereocenters. The molecule has 7 nitrogen and oxygen atoms in total. The van der Waals surface area contributed by atoms with Gasteiger partial charge in [-0.1, -0.05) is 18.2 Å². The molecule has 2 aromatic rings. The number of aromatic nitrogens is 1. The third kappa shape index (κ3) is 3.60. The molecule has 3 rings (SSSR count). The number of hydrogen-bond acceptors (Lipinski definition) is 5. The van der Waals surface area contributed by atoms with Gasteiger partial charge in [0.15, 0.2) is 6.61 Å². The SMILES string of the molecule is CNC(=O)CNC(=O)COC(=O)c1c2c(nc3ccccc13)CCC2. The highest BCUT2D eigenvalue weighted by molar-refractivity contribution is 6.05. The van der Waals surface area contributed by atoms with Crippen LogP contribution in [0.3, 0.4) is 0 Å². The Balaban J connectivity index is 1.76. The average Bonchev–Trinajstić information content (AvgIpc) is 3.09. The topological polar surface area (TPSA) is 97.4 Å². The lowest BCUT2D eigenvalue weighted by Gasteiger charge is -2.12. The van der Waals surface area contributed by atoms with E-state index < -0.39 is 18.5 Å². The summed E-state index contributed by atoms with van der Waals surface area (Å²) in [5, 5.41) is 5.52. The van der Waals surface area contributed by atoms with E-state index in [2.05, 4.69) is 15.6 Å². The van der Waals surface area contributed by atoms with Gasteiger partial charge in [-0.25, -0.2) is 4.79 Å². The Bertz CT molecular complexity index is 848. The number of nitrogens with one attached hydrogen (secondary N) is 2. The summed E-state index contributed by atoms with van der Waals surface area (Å²) in [4.78, 5) is 40.1. The summed E-state index contributed by atoms with van der Waals surface area (Å²) >= 11 is 0. The number of carbonyl (C=O) groups is 3. The molecule has 0 spiro atoms. The minimum Gasteiger partial charge on any atom is -0.452 e. The van der Waals surface area contributed by atoms with Crippen molar-refractivity contribution >= 4 is 28.7 Å². The molecule has 0 bridgehead atoms. The van der Waals surface area contributed by atoms with E-state index in [1.165, 1.54) is 7.05 Å². The standard InChI is InChI=1S/C18H19N3O4/c1-19-15(22)9-20-16(23)10-25-18(24)17-11-5-2-3-7-13(11)21-14-8-4-6-12(14)17/h2-3,5,7H,4,6,8-10H2,1H3,(H,19,22)(H,20,23). The number of aryl methyl sites for hydroxylation is 1. The van der Waals surface area contributed by atoms with Crippen LogP contribution in [0.4, 0.5) is 0 Å². The second-order valence-corrected chi connectivity index (χ2v) is 5.81. The van der Waals surface area contributed by atoms with Crippen LogP contribution in [-0.2, 0) is 27.2 Å². The Kier molecular flexibility index (Phi) is 4.92. The van der Waals surface area contributed by atoms with E-state index in [0.29, 0.717) is 5.56 Å². The van der Waals surface area contributed by atoms with Gasteiger partial charge in [0.25, 0.3) is 5.91 Å². The van der Waals surface area contributed by atoms with E-state index in [4.69, 9.17) is 4.74 Å². The van der Waals surface area contributed by atoms with E-state index in [-0.39, 0.29) is 12.5 Å². The predicted octanol–water partition coefficient (Wildman–Crippen LogP) is 0.743. The Morgan fingerprint density at radius 3 is 2.76 bits per heavy atom. The second kappa shape index (κ2) is 7.29. The van der Waals surface area contributed by atoms with Crippen molar-refractivity contribution in [2.24, 2.45) is 0 Å². The van der Waals surface area contributed by atoms with Gasteiger partial charge in [0.1, 0.15) is 0 Å². The predicted molar refractivity (Wildman–Crippen MR) is 91.1 cm³/mol. The van der Waals surface area contributed by atoms with Crippen molar-refractivity contribution in [3.05, 3.63) is 41.1 Å². The van der Waals surface area contributed by atoms with E-state index in [0.717, 1.165) is 41.4 Å². The van der Waals surface area contributed by atoms with Crippen LogP contribution in [0.15, 0.2) is 24.3 Å². The summed E-state index contributed by atoms with van der Waals surface area (Å²) in [5.74, 6) is -1.38. The Labute approximate surface area is 144 Å². The summed E-state index contributed by atoms with van der Waals surface area (Å²) in [6.45, 7) is -0.582. The molecule has 7 heteroatoms. The molecule has 1 heterocycles. The number of likely N-dealkylation sites (N-methyl/N-ethyl adjacent to an activating group) is 1. The highest BCUT2D eigenvalue weighted by atomic mass is 16.5. The van der Waals surface area contributed by atoms with Crippen LogP contribution in [0.25, 0.3) is 10.9 Å². The Morgan fingerprint density at radius 1 is 1.16 bits per heavy atom. The zero-order valence-corrected chi connectivity index (χ0v) is 13.9. The molecule has 2 N–H and O–H groups in total. The van der Waals surface area contributed by atoms with Gasteiger partial charge >= 0.3 is 5.97 Å². The fourth-order valence-corrected chi connectivity index (χ4v) is 2.97. The maximum Gasteiger partial charge on any atom is 0.339 e. The molecule has 0 aliphatic heterocycles. The number of nitrogens with zero attached hydrogens (tertiary/aromatic N) is 1. The Hall–Kier alpha value is -2.96.